The van der Waals surface area contributed by atoms with Crippen molar-refractivity contribution in [2.24, 2.45) is 5.92 Å². The summed E-state index contributed by atoms with van der Waals surface area (Å²) in [5, 5.41) is 3.45. The van der Waals surface area contributed by atoms with Gasteiger partial charge >= 0.3 is 0 Å². The zero-order valence-electron chi connectivity index (χ0n) is 13.0. The summed E-state index contributed by atoms with van der Waals surface area (Å²) in [4.78, 5) is 0. The van der Waals surface area contributed by atoms with Gasteiger partial charge in [0.15, 0.2) is 0 Å². The molecule has 1 N–H and O–H groups in total. The Morgan fingerprint density at radius 1 is 0.833 bits per heavy atom. The molecule has 0 spiro atoms. The molecule has 0 rings (SSSR count). The first-order valence-electron chi connectivity index (χ1n) is 8.05. The van der Waals surface area contributed by atoms with Gasteiger partial charge in [-0.2, -0.15) is 0 Å². The van der Waals surface area contributed by atoms with Crippen molar-refractivity contribution in [1.82, 2.24) is 5.32 Å². The molecule has 2 nitrogen and oxygen atoms in total. The molecule has 0 aromatic carbocycles. The van der Waals surface area contributed by atoms with Crippen molar-refractivity contribution in [1.29, 1.82) is 0 Å². The zero-order chi connectivity index (χ0) is 13.5. The number of hydrogen-bond acceptors (Lipinski definition) is 2. The molecule has 0 amide bonds. The summed E-state index contributed by atoms with van der Waals surface area (Å²) in [7, 11) is 0. The van der Waals surface area contributed by atoms with Gasteiger partial charge in [0, 0.05) is 13.2 Å². The predicted octanol–water partition coefficient (Wildman–Crippen LogP) is 4.39. The van der Waals surface area contributed by atoms with Gasteiger partial charge < -0.3 is 10.1 Å². The molecule has 0 atom stereocenters. The fourth-order valence-electron chi connectivity index (χ4n) is 1.97. The molecule has 18 heavy (non-hydrogen) atoms. The van der Waals surface area contributed by atoms with Gasteiger partial charge in [-0.05, 0) is 18.9 Å². The van der Waals surface area contributed by atoms with Crippen LogP contribution in [0.3, 0.4) is 0 Å². The molecule has 0 heterocycles. The molecule has 0 saturated carbocycles. The molecular formula is C16H35NO. The summed E-state index contributed by atoms with van der Waals surface area (Å²) >= 11 is 0. The van der Waals surface area contributed by atoms with E-state index in [4.69, 9.17) is 4.74 Å². The second-order valence-electron chi connectivity index (χ2n) is 5.69. The zero-order valence-corrected chi connectivity index (χ0v) is 13.0. The normalized spacial score (nSPS) is 11.3. The smallest absolute Gasteiger partial charge is 0.0591 e. The highest BCUT2D eigenvalue weighted by Gasteiger charge is 1.94. The fourth-order valence-corrected chi connectivity index (χ4v) is 1.97. The van der Waals surface area contributed by atoms with Crippen LogP contribution in [0.4, 0.5) is 0 Å². The van der Waals surface area contributed by atoms with Crippen LogP contribution < -0.4 is 5.32 Å². The van der Waals surface area contributed by atoms with Crippen molar-refractivity contribution < 1.29 is 4.74 Å². The number of nitrogens with one attached hydrogen (secondary N) is 1. The molecule has 0 unspecified atom stereocenters. The maximum absolute atomic E-state index is 5.52. The summed E-state index contributed by atoms with van der Waals surface area (Å²) in [6.07, 6.45) is 11.2. The number of rotatable bonds is 14. The second-order valence-corrected chi connectivity index (χ2v) is 5.69. The van der Waals surface area contributed by atoms with Crippen LogP contribution in [0.5, 0.6) is 0 Å². The first kappa shape index (κ1) is 17.9. The largest absolute Gasteiger partial charge is 0.380 e. The Kier molecular flexibility index (Phi) is 14.9. The third-order valence-corrected chi connectivity index (χ3v) is 3.08. The Hall–Kier alpha value is -0.0800. The van der Waals surface area contributed by atoms with Gasteiger partial charge in [-0.15, -0.1) is 0 Å². The molecule has 0 aliphatic heterocycles. The van der Waals surface area contributed by atoms with Crippen LogP contribution in [-0.2, 0) is 4.74 Å². The number of unbranched alkanes of at least 4 members (excludes halogenated alkanes) is 7. The molecule has 110 valence electrons. The molecule has 0 aromatic heterocycles. The van der Waals surface area contributed by atoms with Gasteiger partial charge in [0.2, 0.25) is 0 Å². The van der Waals surface area contributed by atoms with E-state index in [1.165, 1.54) is 51.4 Å². The predicted molar refractivity (Wildman–Crippen MR) is 81.1 cm³/mol. The Labute approximate surface area is 115 Å². The van der Waals surface area contributed by atoms with Gasteiger partial charge in [0.1, 0.15) is 0 Å². The summed E-state index contributed by atoms with van der Waals surface area (Å²) in [5.74, 6) is 0.651. The number of hydrogen-bond donors (Lipinski definition) is 1. The van der Waals surface area contributed by atoms with Crippen LogP contribution in [0, 0.1) is 5.92 Å². The van der Waals surface area contributed by atoms with E-state index in [2.05, 4.69) is 26.1 Å². The Bertz CT molecular complexity index is 148. The number of ether oxygens (including phenoxy) is 1. The molecule has 0 saturated heterocycles. The summed E-state index contributed by atoms with van der Waals surface area (Å²) in [6, 6.07) is 0. The van der Waals surface area contributed by atoms with Gasteiger partial charge in [0.05, 0.1) is 6.61 Å². The molecule has 0 bridgehead atoms. The van der Waals surface area contributed by atoms with Gasteiger partial charge in [-0.3, -0.25) is 0 Å². The lowest BCUT2D eigenvalue weighted by Gasteiger charge is -2.07. The monoisotopic (exact) mass is 257 g/mol. The van der Waals surface area contributed by atoms with Crippen molar-refractivity contribution in [2.75, 3.05) is 26.3 Å². The molecule has 0 fully saturated rings. The maximum atomic E-state index is 5.52. The van der Waals surface area contributed by atoms with Gasteiger partial charge in [0.25, 0.3) is 0 Å². The van der Waals surface area contributed by atoms with Crippen LogP contribution >= 0.6 is 0 Å². The highest BCUT2D eigenvalue weighted by Crippen LogP contribution is 2.07. The van der Waals surface area contributed by atoms with E-state index in [0.29, 0.717) is 5.92 Å². The van der Waals surface area contributed by atoms with E-state index in [9.17, 15) is 0 Å². The van der Waals surface area contributed by atoms with E-state index in [0.717, 1.165) is 26.3 Å². The first-order valence-corrected chi connectivity index (χ1v) is 8.05. The molecular weight excluding hydrogens is 222 g/mol. The first-order chi connectivity index (χ1) is 8.77. The van der Waals surface area contributed by atoms with E-state index in [1.54, 1.807) is 0 Å². The third-order valence-electron chi connectivity index (χ3n) is 3.08. The quantitative estimate of drug-likeness (QED) is 0.466. The second kappa shape index (κ2) is 15.0. The van der Waals surface area contributed by atoms with Crippen molar-refractivity contribution in [2.45, 2.75) is 72.1 Å². The van der Waals surface area contributed by atoms with Gasteiger partial charge in [-0.25, -0.2) is 0 Å². The molecule has 0 aromatic rings. The van der Waals surface area contributed by atoms with E-state index >= 15 is 0 Å². The highest BCUT2D eigenvalue weighted by atomic mass is 16.5. The molecule has 0 aliphatic rings. The molecule has 0 radical (unpaired) electrons. The lowest BCUT2D eigenvalue weighted by Crippen LogP contribution is -2.21. The summed E-state index contributed by atoms with van der Waals surface area (Å²) in [5.41, 5.74) is 0. The summed E-state index contributed by atoms with van der Waals surface area (Å²) in [6.45, 7) is 10.6. The standard InChI is InChI=1S/C16H35NO/c1-4-5-6-7-8-9-10-11-12-17-13-14-18-15-16(2)3/h16-17H,4-15H2,1-3H3. The van der Waals surface area contributed by atoms with Crippen LogP contribution in [0.25, 0.3) is 0 Å². The Morgan fingerprint density at radius 3 is 2.06 bits per heavy atom. The lowest BCUT2D eigenvalue weighted by molar-refractivity contribution is 0.112. The van der Waals surface area contributed by atoms with Crippen molar-refractivity contribution in [3.8, 4) is 0 Å². The lowest BCUT2D eigenvalue weighted by atomic mass is 10.1. The fraction of sp³-hybridized carbons (Fsp3) is 1.00. The topological polar surface area (TPSA) is 21.3 Å². The Morgan fingerprint density at radius 2 is 1.44 bits per heavy atom. The van der Waals surface area contributed by atoms with E-state index in [1.807, 2.05) is 0 Å². The van der Waals surface area contributed by atoms with Crippen LogP contribution in [0.1, 0.15) is 72.1 Å². The minimum absolute atomic E-state index is 0.651. The Balaban J connectivity index is 2.90. The van der Waals surface area contributed by atoms with E-state index < -0.39 is 0 Å². The van der Waals surface area contributed by atoms with Gasteiger partial charge in [-0.1, -0.05) is 65.7 Å². The van der Waals surface area contributed by atoms with Crippen LogP contribution in [-0.4, -0.2) is 26.3 Å². The van der Waals surface area contributed by atoms with E-state index in [-0.39, 0.29) is 0 Å². The molecule has 2 heteroatoms. The van der Waals surface area contributed by atoms with Crippen LogP contribution in [0.2, 0.25) is 0 Å². The van der Waals surface area contributed by atoms with Crippen molar-refractivity contribution >= 4 is 0 Å². The molecule has 0 aliphatic carbocycles. The maximum Gasteiger partial charge on any atom is 0.0591 e. The third kappa shape index (κ3) is 15.9. The minimum Gasteiger partial charge on any atom is -0.380 e. The average molecular weight is 257 g/mol. The highest BCUT2D eigenvalue weighted by molar-refractivity contribution is 4.50. The van der Waals surface area contributed by atoms with Crippen molar-refractivity contribution in [3.63, 3.8) is 0 Å². The summed E-state index contributed by atoms with van der Waals surface area (Å²) < 4.78 is 5.52. The van der Waals surface area contributed by atoms with Crippen LogP contribution in [0.15, 0.2) is 0 Å². The van der Waals surface area contributed by atoms with Crippen molar-refractivity contribution in [3.05, 3.63) is 0 Å². The SMILES string of the molecule is CCCCCCCCCCNCCOCC(C)C. The minimum atomic E-state index is 0.651. The average Bonchev–Trinajstić information content (AvgIpc) is 2.34.